The van der Waals surface area contributed by atoms with Crippen molar-refractivity contribution in [1.82, 2.24) is 4.90 Å². The van der Waals surface area contributed by atoms with Crippen LogP contribution in [0.5, 0.6) is 0 Å². The second-order valence-electron chi connectivity index (χ2n) is 6.38. The van der Waals surface area contributed by atoms with Gasteiger partial charge in [-0.25, -0.2) is 0 Å². The third-order valence-corrected chi connectivity index (χ3v) is 4.85. The first-order valence-electron chi connectivity index (χ1n) is 8.18. The average Bonchev–Trinajstić information content (AvgIpc) is 2.46. The van der Waals surface area contributed by atoms with E-state index < -0.39 is 5.97 Å². The summed E-state index contributed by atoms with van der Waals surface area (Å²) >= 11 is 0. The van der Waals surface area contributed by atoms with E-state index in [1.54, 1.807) is 0 Å². The Balaban J connectivity index is 1.80. The number of hydrogen-bond donors (Lipinski definition) is 1. The van der Waals surface area contributed by atoms with E-state index in [-0.39, 0.29) is 18.4 Å². The molecule has 1 unspecified atom stereocenters. The molecule has 4 nitrogen and oxygen atoms in total. The number of piperidine rings is 1. The van der Waals surface area contributed by atoms with Crippen molar-refractivity contribution in [1.29, 1.82) is 0 Å². The molecule has 1 atom stereocenters. The van der Waals surface area contributed by atoms with Crippen molar-refractivity contribution >= 4 is 11.9 Å². The Kier molecular flexibility index (Phi) is 5.86. The third kappa shape index (κ3) is 4.50. The molecule has 0 radical (unpaired) electrons. The number of rotatable bonds is 5. The molecule has 0 spiro atoms. The van der Waals surface area contributed by atoms with Crippen molar-refractivity contribution in [3.05, 3.63) is 0 Å². The number of amides is 1. The van der Waals surface area contributed by atoms with Crippen molar-refractivity contribution in [2.75, 3.05) is 6.54 Å². The molecule has 1 saturated heterocycles. The van der Waals surface area contributed by atoms with Crippen LogP contribution in [-0.2, 0) is 9.59 Å². The Morgan fingerprint density at radius 1 is 1.00 bits per heavy atom. The van der Waals surface area contributed by atoms with Gasteiger partial charge < -0.3 is 10.0 Å². The summed E-state index contributed by atoms with van der Waals surface area (Å²) in [6.45, 7) is 0.751. The normalized spacial score (nSPS) is 24.6. The fraction of sp³-hybridized carbons (Fsp3) is 0.875. The number of hydrogen-bond acceptors (Lipinski definition) is 2. The summed E-state index contributed by atoms with van der Waals surface area (Å²) in [4.78, 5) is 25.1. The minimum Gasteiger partial charge on any atom is -0.481 e. The average molecular weight is 281 g/mol. The molecular weight excluding hydrogens is 254 g/mol. The lowest BCUT2D eigenvalue weighted by Gasteiger charge is -2.35. The zero-order valence-electron chi connectivity index (χ0n) is 12.4. The van der Waals surface area contributed by atoms with E-state index >= 15 is 0 Å². The second-order valence-corrected chi connectivity index (χ2v) is 6.38. The fourth-order valence-electron chi connectivity index (χ4n) is 3.69. The van der Waals surface area contributed by atoms with Crippen LogP contribution in [0.25, 0.3) is 0 Å². The van der Waals surface area contributed by atoms with Crippen LogP contribution < -0.4 is 0 Å². The van der Waals surface area contributed by atoms with Gasteiger partial charge in [0.2, 0.25) is 5.91 Å². The van der Waals surface area contributed by atoms with Crippen LogP contribution in [0.2, 0.25) is 0 Å². The fourth-order valence-corrected chi connectivity index (χ4v) is 3.69. The van der Waals surface area contributed by atoms with Crippen LogP contribution in [0.1, 0.15) is 70.6 Å². The molecule has 1 amide bonds. The molecule has 1 saturated carbocycles. The van der Waals surface area contributed by atoms with E-state index in [1.165, 1.54) is 32.1 Å². The van der Waals surface area contributed by atoms with Crippen LogP contribution in [0, 0.1) is 5.92 Å². The third-order valence-electron chi connectivity index (χ3n) is 4.85. The molecule has 2 rings (SSSR count). The minimum atomic E-state index is -0.790. The SMILES string of the molecule is O=C(O)CC1CCCCN1C(=O)CCC1CCCCC1. The predicted octanol–water partition coefficient (Wildman–Crippen LogP) is 3.20. The maximum atomic E-state index is 12.4. The zero-order valence-corrected chi connectivity index (χ0v) is 12.4. The molecule has 0 bridgehead atoms. The Morgan fingerprint density at radius 3 is 2.40 bits per heavy atom. The summed E-state index contributed by atoms with van der Waals surface area (Å²) in [6, 6.07) is -0.0693. The summed E-state index contributed by atoms with van der Waals surface area (Å²) in [7, 11) is 0. The van der Waals surface area contributed by atoms with E-state index in [1.807, 2.05) is 4.90 Å². The summed E-state index contributed by atoms with van der Waals surface area (Å²) in [6.07, 6.45) is 11.1. The molecular formula is C16H27NO3. The number of carbonyl (C=O) groups is 2. The maximum absolute atomic E-state index is 12.4. The summed E-state index contributed by atoms with van der Waals surface area (Å²) in [5, 5.41) is 8.96. The van der Waals surface area contributed by atoms with Gasteiger partial charge in [-0.2, -0.15) is 0 Å². The van der Waals surface area contributed by atoms with Gasteiger partial charge in [0.1, 0.15) is 0 Å². The molecule has 0 aromatic rings. The lowest BCUT2D eigenvalue weighted by atomic mass is 9.86. The van der Waals surface area contributed by atoms with Gasteiger partial charge >= 0.3 is 5.97 Å². The van der Waals surface area contributed by atoms with E-state index in [2.05, 4.69) is 0 Å². The van der Waals surface area contributed by atoms with Gasteiger partial charge in [-0.1, -0.05) is 32.1 Å². The number of likely N-dealkylation sites (tertiary alicyclic amines) is 1. The Morgan fingerprint density at radius 2 is 1.70 bits per heavy atom. The second kappa shape index (κ2) is 7.65. The Hall–Kier alpha value is -1.06. The number of aliphatic carboxylic acids is 1. The molecule has 1 aliphatic carbocycles. The highest BCUT2D eigenvalue weighted by molar-refractivity contribution is 5.77. The number of nitrogens with zero attached hydrogens (tertiary/aromatic N) is 1. The van der Waals surface area contributed by atoms with Gasteiger partial charge in [-0.3, -0.25) is 9.59 Å². The molecule has 1 N–H and O–H groups in total. The zero-order chi connectivity index (χ0) is 14.4. The van der Waals surface area contributed by atoms with Crippen LogP contribution in [0.3, 0.4) is 0 Å². The maximum Gasteiger partial charge on any atom is 0.305 e. The standard InChI is InChI=1S/C16H27NO3/c18-15(10-9-13-6-2-1-3-7-13)17-11-5-4-8-14(17)12-16(19)20/h13-14H,1-12H2,(H,19,20). The van der Waals surface area contributed by atoms with Crippen LogP contribution in [0.4, 0.5) is 0 Å². The Bertz CT molecular complexity index is 337. The topological polar surface area (TPSA) is 57.6 Å². The first kappa shape index (κ1) is 15.3. The largest absolute Gasteiger partial charge is 0.481 e. The summed E-state index contributed by atoms with van der Waals surface area (Å²) < 4.78 is 0. The predicted molar refractivity (Wildman–Crippen MR) is 77.4 cm³/mol. The monoisotopic (exact) mass is 281 g/mol. The molecule has 0 aromatic heterocycles. The van der Waals surface area contributed by atoms with Crippen molar-refractivity contribution in [2.24, 2.45) is 5.92 Å². The van der Waals surface area contributed by atoms with Gasteiger partial charge in [0, 0.05) is 19.0 Å². The van der Waals surface area contributed by atoms with Crippen LogP contribution >= 0.6 is 0 Å². The Labute approximate surface area is 121 Å². The highest BCUT2D eigenvalue weighted by Gasteiger charge is 2.28. The van der Waals surface area contributed by atoms with Gasteiger partial charge in [-0.15, -0.1) is 0 Å². The molecule has 2 aliphatic rings. The summed E-state index contributed by atoms with van der Waals surface area (Å²) in [5.41, 5.74) is 0. The molecule has 4 heteroatoms. The molecule has 20 heavy (non-hydrogen) atoms. The van der Waals surface area contributed by atoms with E-state index in [9.17, 15) is 9.59 Å². The molecule has 2 fully saturated rings. The molecule has 0 aromatic carbocycles. The van der Waals surface area contributed by atoms with Gasteiger partial charge in [-0.05, 0) is 31.6 Å². The first-order chi connectivity index (χ1) is 9.66. The highest BCUT2D eigenvalue weighted by Crippen LogP contribution is 2.28. The van der Waals surface area contributed by atoms with E-state index in [4.69, 9.17) is 5.11 Å². The quantitative estimate of drug-likeness (QED) is 0.842. The first-order valence-corrected chi connectivity index (χ1v) is 8.18. The summed E-state index contributed by atoms with van der Waals surface area (Å²) in [5.74, 6) is 0.110. The molecule has 1 aliphatic heterocycles. The van der Waals surface area contributed by atoms with Gasteiger partial charge in [0.15, 0.2) is 0 Å². The number of carboxylic acids is 1. The number of carbonyl (C=O) groups excluding carboxylic acids is 1. The van der Waals surface area contributed by atoms with Gasteiger partial charge in [0.05, 0.1) is 6.42 Å². The van der Waals surface area contributed by atoms with Crippen molar-refractivity contribution < 1.29 is 14.7 Å². The molecule has 1 heterocycles. The smallest absolute Gasteiger partial charge is 0.305 e. The van der Waals surface area contributed by atoms with Crippen LogP contribution in [0.15, 0.2) is 0 Å². The minimum absolute atomic E-state index is 0.0693. The molecule has 114 valence electrons. The van der Waals surface area contributed by atoms with Crippen molar-refractivity contribution in [2.45, 2.75) is 76.7 Å². The van der Waals surface area contributed by atoms with Crippen LogP contribution in [-0.4, -0.2) is 34.5 Å². The van der Waals surface area contributed by atoms with E-state index in [0.29, 0.717) is 6.42 Å². The highest BCUT2D eigenvalue weighted by atomic mass is 16.4. The number of carboxylic acid groups (broad SMARTS) is 1. The van der Waals surface area contributed by atoms with E-state index in [0.717, 1.165) is 38.1 Å². The lowest BCUT2D eigenvalue weighted by molar-refractivity contribution is -0.142. The van der Waals surface area contributed by atoms with Crippen molar-refractivity contribution in [3.63, 3.8) is 0 Å². The lowest BCUT2D eigenvalue weighted by Crippen LogP contribution is -2.44. The van der Waals surface area contributed by atoms with Crippen molar-refractivity contribution in [3.8, 4) is 0 Å². The van der Waals surface area contributed by atoms with Gasteiger partial charge in [0.25, 0.3) is 0 Å².